The Hall–Kier alpha value is -2.44. The van der Waals surface area contributed by atoms with Crippen LogP contribution in [0, 0.1) is 5.82 Å². The van der Waals surface area contributed by atoms with E-state index in [9.17, 15) is 18.8 Å². The van der Waals surface area contributed by atoms with Gasteiger partial charge in [0.15, 0.2) is 17.3 Å². The first-order valence-electron chi connectivity index (χ1n) is 8.80. The van der Waals surface area contributed by atoms with Crippen LogP contribution >= 0.6 is 0 Å². The minimum Gasteiger partial charge on any atom is -0.494 e. The number of ketones is 1. The largest absolute Gasteiger partial charge is 0.494 e. The van der Waals surface area contributed by atoms with Gasteiger partial charge in [-0.05, 0) is 43.9 Å². The number of Topliss-reactive ketones (excluding diaryl/α,β-unsaturated/α-hetero) is 1. The monoisotopic (exact) mass is 365 g/mol. The van der Waals surface area contributed by atoms with Crippen molar-refractivity contribution in [1.29, 1.82) is 0 Å². The second-order valence-corrected chi connectivity index (χ2v) is 6.44. The molecule has 0 aromatic heterocycles. The molecule has 1 heterocycles. The van der Waals surface area contributed by atoms with Crippen LogP contribution in [0.15, 0.2) is 18.2 Å². The molecule has 142 valence electrons. The number of hydrogen-bond donors (Lipinski definition) is 1. The zero-order valence-electron chi connectivity index (χ0n) is 14.9. The number of carbonyl (C=O) groups is 3. The van der Waals surface area contributed by atoms with Crippen molar-refractivity contribution in [3.8, 4) is 5.75 Å². The molecule has 1 atom stereocenters. The number of piperidine rings is 1. The molecule has 1 aromatic rings. The van der Waals surface area contributed by atoms with E-state index in [1.807, 2.05) is 0 Å². The van der Waals surface area contributed by atoms with Gasteiger partial charge in [0.2, 0.25) is 5.91 Å². The topological polar surface area (TPSA) is 83.9 Å². The number of amides is 1. The molecule has 1 N–H and O–H groups in total. The molecule has 1 aliphatic heterocycles. The molecule has 7 heteroatoms. The van der Waals surface area contributed by atoms with Crippen LogP contribution in [0.5, 0.6) is 5.75 Å². The summed E-state index contributed by atoms with van der Waals surface area (Å²) in [5.74, 6) is -1.89. The van der Waals surface area contributed by atoms with Gasteiger partial charge in [-0.1, -0.05) is 0 Å². The highest BCUT2D eigenvalue weighted by Gasteiger charge is 2.27. The number of carboxylic acids is 1. The number of carboxylic acid groups (broad SMARTS) is 1. The number of nitrogens with zero attached hydrogens (tertiary/aromatic N) is 1. The average molecular weight is 365 g/mol. The molecule has 0 aliphatic carbocycles. The van der Waals surface area contributed by atoms with Crippen molar-refractivity contribution in [3.63, 3.8) is 0 Å². The Labute approximate surface area is 151 Å². The molecule has 1 fully saturated rings. The summed E-state index contributed by atoms with van der Waals surface area (Å²) in [6.07, 6.45) is 3.13. The zero-order valence-corrected chi connectivity index (χ0v) is 14.9. The summed E-state index contributed by atoms with van der Waals surface area (Å²) in [6.45, 7) is 0.592. The fourth-order valence-corrected chi connectivity index (χ4v) is 3.27. The minimum absolute atomic E-state index is 0.00719. The van der Waals surface area contributed by atoms with Crippen LogP contribution in [0.25, 0.3) is 0 Å². The van der Waals surface area contributed by atoms with Gasteiger partial charge in [0.25, 0.3) is 0 Å². The first kappa shape index (κ1) is 19.9. The number of halogens is 1. The smallest absolute Gasteiger partial charge is 0.303 e. The van der Waals surface area contributed by atoms with Gasteiger partial charge in [0, 0.05) is 37.4 Å². The van der Waals surface area contributed by atoms with E-state index in [0.717, 1.165) is 25.3 Å². The number of rotatable bonds is 8. The Morgan fingerprint density at radius 3 is 2.65 bits per heavy atom. The normalized spacial score (nSPS) is 17.0. The van der Waals surface area contributed by atoms with E-state index in [1.54, 1.807) is 4.90 Å². The van der Waals surface area contributed by atoms with Crippen LogP contribution in [0.3, 0.4) is 0 Å². The molecule has 0 radical (unpaired) electrons. The third kappa shape index (κ3) is 5.28. The van der Waals surface area contributed by atoms with E-state index < -0.39 is 11.8 Å². The Balaban J connectivity index is 1.92. The Morgan fingerprint density at radius 2 is 2.00 bits per heavy atom. The number of carbonyl (C=O) groups excluding carboxylic acids is 2. The van der Waals surface area contributed by atoms with Crippen molar-refractivity contribution < 1.29 is 28.6 Å². The molecule has 2 rings (SSSR count). The van der Waals surface area contributed by atoms with Crippen molar-refractivity contribution in [2.24, 2.45) is 0 Å². The summed E-state index contributed by atoms with van der Waals surface area (Å²) in [5.41, 5.74) is 0.206. The fourth-order valence-electron chi connectivity index (χ4n) is 3.27. The molecule has 26 heavy (non-hydrogen) atoms. The molecule has 0 bridgehead atoms. The fraction of sp³-hybridized carbons (Fsp3) is 0.526. The van der Waals surface area contributed by atoms with Crippen molar-refractivity contribution in [3.05, 3.63) is 29.6 Å². The third-order valence-electron chi connectivity index (χ3n) is 4.68. The second-order valence-electron chi connectivity index (χ2n) is 6.44. The van der Waals surface area contributed by atoms with Crippen LogP contribution in [0.4, 0.5) is 4.39 Å². The molecule has 0 saturated carbocycles. The summed E-state index contributed by atoms with van der Waals surface area (Å²) in [5, 5.41) is 8.84. The molecule has 1 aliphatic rings. The molecule has 0 spiro atoms. The Kier molecular flexibility index (Phi) is 7.12. The molecule has 1 amide bonds. The van der Waals surface area contributed by atoms with Crippen molar-refractivity contribution in [1.82, 2.24) is 4.90 Å². The molecule has 1 aromatic carbocycles. The third-order valence-corrected chi connectivity index (χ3v) is 4.68. The summed E-state index contributed by atoms with van der Waals surface area (Å²) in [7, 11) is 1.35. The first-order valence-corrected chi connectivity index (χ1v) is 8.80. The maximum Gasteiger partial charge on any atom is 0.303 e. The highest BCUT2D eigenvalue weighted by Crippen LogP contribution is 2.23. The highest BCUT2D eigenvalue weighted by atomic mass is 19.1. The zero-order chi connectivity index (χ0) is 19.1. The average Bonchev–Trinajstić information content (AvgIpc) is 2.64. The maximum absolute atomic E-state index is 13.7. The SMILES string of the molecule is COc1ccc(C(=O)CCC(=O)N2CCCCC2CCC(=O)O)cc1F. The van der Waals surface area contributed by atoms with E-state index >= 15 is 0 Å². The number of ether oxygens (including phenoxy) is 1. The second kappa shape index (κ2) is 9.31. The minimum atomic E-state index is -0.875. The lowest BCUT2D eigenvalue weighted by molar-refractivity contribution is -0.140. The summed E-state index contributed by atoms with van der Waals surface area (Å²) in [6, 6.07) is 3.89. The number of hydrogen-bond acceptors (Lipinski definition) is 4. The van der Waals surface area contributed by atoms with E-state index in [-0.39, 0.29) is 48.3 Å². The van der Waals surface area contributed by atoms with E-state index in [2.05, 4.69) is 0 Å². The predicted molar refractivity (Wildman–Crippen MR) is 92.7 cm³/mol. The van der Waals surface area contributed by atoms with E-state index in [1.165, 1.54) is 19.2 Å². The quantitative estimate of drug-likeness (QED) is 0.716. The lowest BCUT2D eigenvalue weighted by Gasteiger charge is -2.35. The standard InChI is InChI=1S/C19H24FNO5/c1-26-17-8-5-13(12-15(17)20)16(22)7-9-18(23)21-11-3-2-4-14(21)6-10-19(24)25/h5,8,12,14H,2-4,6-7,9-11H2,1H3,(H,24,25). The summed E-state index contributed by atoms with van der Waals surface area (Å²) >= 11 is 0. The number of benzene rings is 1. The number of likely N-dealkylation sites (tertiary alicyclic amines) is 1. The summed E-state index contributed by atoms with van der Waals surface area (Å²) in [4.78, 5) is 37.2. The molecule has 1 unspecified atom stereocenters. The predicted octanol–water partition coefficient (Wildman–Crippen LogP) is 3.04. The van der Waals surface area contributed by atoms with Crippen LogP contribution in [-0.4, -0.2) is 47.4 Å². The highest BCUT2D eigenvalue weighted by molar-refractivity contribution is 5.98. The maximum atomic E-state index is 13.7. The van der Waals surface area contributed by atoms with Gasteiger partial charge in [0.1, 0.15) is 0 Å². The van der Waals surface area contributed by atoms with Crippen molar-refractivity contribution in [2.75, 3.05) is 13.7 Å². The van der Waals surface area contributed by atoms with Gasteiger partial charge in [-0.3, -0.25) is 14.4 Å². The lowest BCUT2D eigenvalue weighted by Crippen LogP contribution is -2.44. The van der Waals surface area contributed by atoms with Crippen molar-refractivity contribution >= 4 is 17.7 Å². The van der Waals surface area contributed by atoms with Gasteiger partial charge in [-0.15, -0.1) is 0 Å². The molecule has 6 nitrogen and oxygen atoms in total. The molecular weight excluding hydrogens is 341 g/mol. The van der Waals surface area contributed by atoms with Gasteiger partial charge in [-0.25, -0.2) is 4.39 Å². The van der Waals surface area contributed by atoms with Crippen LogP contribution in [0.1, 0.15) is 55.3 Å². The number of aliphatic carboxylic acids is 1. The molecular formula is C19H24FNO5. The summed E-state index contributed by atoms with van der Waals surface area (Å²) < 4.78 is 18.5. The van der Waals surface area contributed by atoms with Gasteiger partial charge >= 0.3 is 5.97 Å². The van der Waals surface area contributed by atoms with Crippen LogP contribution < -0.4 is 4.74 Å². The van der Waals surface area contributed by atoms with Crippen molar-refractivity contribution in [2.45, 2.75) is 51.0 Å². The van der Waals surface area contributed by atoms with Crippen LogP contribution in [0.2, 0.25) is 0 Å². The Morgan fingerprint density at radius 1 is 1.23 bits per heavy atom. The van der Waals surface area contributed by atoms with Gasteiger partial charge < -0.3 is 14.7 Å². The lowest BCUT2D eigenvalue weighted by atomic mass is 9.97. The Bertz CT molecular complexity index is 676. The first-order chi connectivity index (χ1) is 12.4. The van der Waals surface area contributed by atoms with Crippen LogP contribution in [-0.2, 0) is 9.59 Å². The van der Waals surface area contributed by atoms with E-state index in [0.29, 0.717) is 13.0 Å². The van der Waals surface area contributed by atoms with Gasteiger partial charge in [-0.2, -0.15) is 0 Å². The number of methoxy groups -OCH3 is 1. The van der Waals surface area contributed by atoms with Gasteiger partial charge in [0.05, 0.1) is 7.11 Å². The molecule has 1 saturated heterocycles. The van der Waals surface area contributed by atoms with E-state index in [4.69, 9.17) is 9.84 Å².